The van der Waals surface area contributed by atoms with Crippen molar-refractivity contribution in [3.63, 3.8) is 0 Å². The fourth-order valence-electron chi connectivity index (χ4n) is 5.01. The summed E-state index contributed by atoms with van der Waals surface area (Å²) in [6.07, 6.45) is 18.0. The lowest BCUT2D eigenvalue weighted by Crippen LogP contribution is -2.31. The lowest BCUT2D eigenvalue weighted by Gasteiger charge is -2.22. The van der Waals surface area contributed by atoms with Gasteiger partial charge >= 0.3 is 0 Å². The van der Waals surface area contributed by atoms with Crippen molar-refractivity contribution in [3.05, 3.63) is 75.2 Å². The molecule has 0 unspecified atom stereocenters. The van der Waals surface area contributed by atoms with Gasteiger partial charge in [0.25, 0.3) is 0 Å². The summed E-state index contributed by atoms with van der Waals surface area (Å²) in [5, 5.41) is 0.613. The number of anilines is 1. The maximum atomic E-state index is 12.6. The normalized spacial score (nSPS) is 11.1. The summed E-state index contributed by atoms with van der Waals surface area (Å²) < 4.78 is 8.24. The Labute approximate surface area is 251 Å². The monoisotopic (exact) mass is 583 g/mol. The van der Waals surface area contributed by atoms with Gasteiger partial charge in [-0.2, -0.15) is 4.57 Å². The van der Waals surface area contributed by atoms with Crippen LogP contribution in [0.4, 0.5) is 5.69 Å². The van der Waals surface area contributed by atoms with Crippen molar-refractivity contribution in [3.8, 4) is 5.75 Å². The number of carbonyl (C=O) groups excluding carboxylic acids is 1. The highest BCUT2D eigenvalue weighted by Crippen LogP contribution is 2.28. The van der Waals surface area contributed by atoms with E-state index < -0.39 is 0 Å². The molecule has 0 atom stereocenters. The number of hydrogen-bond donors (Lipinski definition) is 0. The maximum Gasteiger partial charge on any atom is 0.225 e. The number of unbranched alkanes of at least 4 members (excludes halogenated alkanes) is 11. The average molecular weight is 584 g/mol. The Morgan fingerprint density at radius 1 is 0.900 bits per heavy atom. The molecule has 0 saturated carbocycles. The van der Waals surface area contributed by atoms with Crippen LogP contribution in [0, 0.1) is 6.92 Å². The zero-order valence-corrected chi connectivity index (χ0v) is 26.4. The molecular weight excluding hydrogens is 536 g/mol. The third kappa shape index (κ3) is 11.6. The summed E-state index contributed by atoms with van der Waals surface area (Å²) in [6, 6.07) is 14.0. The van der Waals surface area contributed by atoms with Gasteiger partial charge in [0.1, 0.15) is 5.75 Å². The van der Waals surface area contributed by atoms with E-state index >= 15 is 0 Å². The molecule has 0 N–H and O–H groups in total. The summed E-state index contributed by atoms with van der Waals surface area (Å²) in [5.74, 6) is 0.703. The van der Waals surface area contributed by atoms with Crippen molar-refractivity contribution < 1.29 is 14.1 Å². The fourth-order valence-corrected chi connectivity index (χ4v) is 5.82. The number of hydrogen-bond acceptors (Lipinski definition) is 3. The van der Waals surface area contributed by atoms with Crippen LogP contribution < -0.4 is 14.2 Å². The first-order valence-electron chi connectivity index (χ1n) is 15.2. The Balaban J connectivity index is 1.44. The van der Waals surface area contributed by atoms with E-state index in [0.717, 1.165) is 29.8 Å². The smallest absolute Gasteiger partial charge is 0.225 e. The lowest BCUT2D eigenvalue weighted by molar-refractivity contribution is -0.683. The second-order valence-electron chi connectivity index (χ2n) is 10.9. The Bertz CT molecular complexity index is 1160. The largest absolute Gasteiger partial charge is 0.492 e. The van der Waals surface area contributed by atoms with Gasteiger partial charge in [0.15, 0.2) is 12.7 Å². The van der Waals surface area contributed by atoms with E-state index in [1.165, 1.54) is 75.5 Å². The van der Waals surface area contributed by atoms with Crippen LogP contribution in [0.1, 0.15) is 107 Å². The molecule has 40 heavy (non-hydrogen) atoms. The van der Waals surface area contributed by atoms with Gasteiger partial charge in [-0.25, -0.2) is 0 Å². The molecule has 2 aromatic carbocycles. The molecule has 0 aliphatic rings. The first-order valence-corrected chi connectivity index (χ1v) is 16.4. The van der Waals surface area contributed by atoms with E-state index in [2.05, 4.69) is 42.3 Å². The number of benzene rings is 2. The van der Waals surface area contributed by atoms with Crippen LogP contribution in [0.5, 0.6) is 5.75 Å². The minimum atomic E-state index is 0.00472. The van der Waals surface area contributed by atoms with Crippen LogP contribution >= 0.6 is 22.9 Å². The molecule has 3 rings (SSSR count). The van der Waals surface area contributed by atoms with Crippen molar-refractivity contribution in [2.75, 3.05) is 11.5 Å². The molecule has 0 aliphatic heterocycles. The van der Waals surface area contributed by atoms with Gasteiger partial charge in [-0.1, -0.05) is 119 Å². The highest BCUT2D eigenvalue weighted by Gasteiger charge is 2.15. The molecule has 4 nitrogen and oxygen atoms in total. The number of amides is 1. The van der Waals surface area contributed by atoms with Crippen molar-refractivity contribution in [1.29, 1.82) is 0 Å². The van der Waals surface area contributed by atoms with E-state index in [1.807, 2.05) is 35.2 Å². The van der Waals surface area contributed by atoms with Crippen LogP contribution in [0.2, 0.25) is 5.02 Å². The summed E-state index contributed by atoms with van der Waals surface area (Å²) in [5.41, 5.74) is 5.18. The number of rotatable bonds is 19. The molecule has 218 valence electrons. The van der Waals surface area contributed by atoms with E-state index in [-0.39, 0.29) is 5.91 Å². The van der Waals surface area contributed by atoms with Crippen LogP contribution in [0.3, 0.4) is 0 Å². The molecular formula is C34H48ClN2O2S+. The summed E-state index contributed by atoms with van der Waals surface area (Å²) >= 11 is 8.19. The zero-order valence-electron chi connectivity index (χ0n) is 24.8. The first kappa shape index (κ1) is 32.1. The third-order valence-electron chi connectivity index (χ3n) is 7.28. The summed E-state index contributed by atoms with van der Waals surface area (Å²) in [7, 11) is 0. The molecule has 1 heterocycles. The average Bonchev–Trinajstić information content (AvgIpc) is 3.35. The van der Waals surface area contributed by atoms with Gasteiger partial charge in [0.05, 0.1) is 23.1 Å². The number of halogens is 1. The minimum Gasteiger partial charge on any atom is -0.492 e. The maximum absolute atomic E-state index is 12.6. The van der Waals surface area contributed by atoms with Gasteiger partial charge in [-0.05, 0) is 43.2 Å². The highest BCUT2D eigenvalue weighted by atomic mass is 35.5. The summed E-state index contributed by atoms with van der Waals surface area (Å²) in [6.45, 7) is 7.91. The van der Waals surface area contributed by atoms with E-state index in [4.69, 9.17) is 16.3 Å². The third-order valence-corrected chi connectivity index (χ3v) is 8.45. The second-order valence-corrected chi connectivity index (χ2v) is 12.4. The molecule has 0 fully saturated rings. The number of ether oxygens (including phenoxy) is 1. The molecule has 1 aromatic heterocycles. The molecule has 0 saturated heterocycles. The molecule has 0 spiro atoms. The van der Waals surface area contributed by atoms with Gasteiger partial charge in [-0.15, -0.1) is 0 Å². The summed E-state index contributed by atoms with van der Waals surface area (Å²) in [4.78, 5) is 15.7. The number of aromatic nitrogens is 1. The minimum absolute atomic E-state index is 0.00472. The molecule has 0 bridgehead atoms. The molecule has 3 aromatic rings. The van der Waals surface area contributed by atoms with Crippen LogP contribution in [0.25, 0.3) is 0 Å². The highest BCUT2D eigenvalue weighted by molar-refractivity contribution is 7.09. The Morgan fingerprint density at radius 2 is 1.57 bits per heavy atom. The predicted molar refractivity (Wildman–Crippen MR) is 170 cm³/mol. The van der Waals surface area contributed by atoms with Gasteiger partial charge in [0, 0.05) is 18.2 Å². The molecule has 0 radical (unpaired) electrons. The zero-order chi connectivity index (χ0) is 28.6. The standard InChI is InChI=1S/C34H48ClN2O2S/c1-4-5-6-7-8-9-10-11-12-13-14-15-21-39-34-23-31(19-20-33(34)35)26-37(29(3)38)32-18-16-17-30(22-32)25-36-24-28(2)40-27-36/h16-20,22-24,27H,4-15,21,25-26H2,1-3H3/q+1. The van der Waals surface area contributed by atoms with Gasteiger partial charge in [-0.3, -0.25) is 4.79 Å². The van der Waals surface area contributed by atoms with E-state index in [0.29, 0.717) is 23.9 Å². The predicted octanol–water partition coefficient (Wildman–Crippen LogP) is 9.68. The van der Waals surface area contributed by atoms with Crippen molar-refractivity contribution in [2.24, 2.45) is 0 Å². The van der Waals surface area contributed by atoms with E-state index in [1.54, 1.807) is 18.3 Å². The van der Waals surface area contributed by atoms with Gasteiger partial charge < -0.3 is 9.64 Å². The Morgan fingerprint density at radius 3 is 2.20 bits per heavy atom. The number of nitrogens with zero attached hydrogens (tertiary/aromatic N) is 2. The van der Waals surface area contributed by atoms with Crippen molar-refractivity contribution in [1.82, 2.24) is 0 Å². The van der Waals surface area contributed by atoms with Crippen LogP contribution in [0.15, 0.2) is 54.2 Å². The number of carbonyl (C=O) groups is 1. The van der Waals surface area contributed by atoms with Crippen LogP contribution in [-0.4, -0.2) is 12.5 Å². The van der Waals surface area contributed by atoms with Crippen molar-refractivity contribution in [2.45, 2.75) is 111 Å². The topological polar surface area (TPSA) is 33.4 Å². The van der Waals surface area contributed by atoms with E-state index in [9.17, 15) is 4.79 Å². The first-order chi connectivity index (χ1) is 19.5. The Kier molecular flexibility index (Phi) is 14.6. The fraction of sp³-hybridized carbons (Fsp3) is 0.529. The molecule has 1 amide bonds. The van der Waals surface area contributed by atoms with Crippen LogP contribution in [-0.2, 0) is 17.9 Å². The van der Waals surface area contributed by atoms with Crippen molar-refractivity contribution >= 4 is 34.5 Å². The number of aryl methyl sites for hydroxylation is 1. The SMILES string of the molecule is CCCCCCCCCCCCCCOc1cc(CN(C(C)=O)c2cccc(C[n+]3csc(C)c3)c2)ccc1Cl. The quantitative estimate of drug-likeness (QED) is 0.104. The number of thiazole rings is 1. The molecule has 0 aliphatic carbocycles. The molecule has 6 heteroatoms. The lowest BCUT2D eigenvalue weighted by atomic mass is 10.1. The second kappa shape index (κ2) is 18.1. The van der Waals surface area contributed by atoms with Gasteiger partial charge in [0.2, 0.25) is 11.4 Å². The Hall–Kier alpha value is -2.37.